The van der Waals surface area contributed by atoms with Crippen LogP contribution in [0.4, 0.5) is 5.69 Å². The lowest BCUT2D eigenvalue weighted by Crippen LogP contribution is -2.30. The fraction of sp³-hybridized carbons (Fsp3) is 0.316. The number of benzene rings is 2. The molecular weight excluding hydrogens is 352 g/mol. The van der Waals surface area contributed by atoms with Gasteiger partial charge in [-0.15, -0.1) is 0 Å². The molecule has 0 bridgehead atoms. The molecule has 6 nitrogen and oxygen atoms in total. The van der Waals surface area contributed by atoms with Crippen molar-refractivity contribution in [1.29, 1.82) is 0 Å². The van der Waals surface area contributed by atoms with Gasteiger partial charge >= 0.3 is 0 Å². The lowest BCUT2D eigenvalue weighted by atomic mass is 10.1. The third kappa shape index (κ3) is 4.49. The number of anilines is 1. The summed E-state index contributed by atoms with van der Waals surface area (Å²) in [6.07, 6.45) is -0.740. The number of rotatable bonds is 8. The second-order valence-corrected chi connectivity index (χ2v) is 7.57. The number of methoxy groups -OCH3 is 1. The molecule has 0 fully saturated rings. The van der Waals surface area contributed by atoms with Crippen molar-refractivity contribution < 1.29 is 17.9 Å². The number of carbonyl (C=O) groups is 1. The Morgan fingerprint density at radius 1 is 1.04 bits per heavy atom. The van der Waals surface area contributed by atoms with E-state index in [9.17, 15) is 13.2 Å². The monoisotopic (exact) mass is 376 g/mol. The Balaban J connectivity index is 2.15. The van der Waals surface area contributed by atoms with Crippen LogP contribution in [0.1, 0.15) is 25.5 Å². The number of carbonyl (C=O) groups excluding carboxylic acids is 1. The molecule has 2 rings (SSSR count). The van der Waals surface area contributed by atoms with Crippen molar-refractivity contribution in [2.75, 3.05) is 25.5 Å². The topological polar surface area (TPSA) is 75.7 Å². The summed E-state index contributed by atoms with van der Waals surface area (Å²) in [5.41, 5.74) is 1.25. The standard InChI is InChI=1S/C19H24N2O4S/c1-4-21(5-2)26(23,24)17-13-11-16(12-14-17)20-19(22)18(25-3)15-9-7-6-8-10-15/h6-14,18H,4-5H2,1-3H3,(H,20,22)/t18-/m1/s1. The van der Waals surface area contributed by atoms with Crippen molar-refractivity contribution in [2.24, 2.45) is 0 Å². The average molecular weight is 376 g/mol. The summed E-state index contributed by atoms with van der Waals surface area (Å²) >= 11 is 0. The Hall–Kier alpha value is -2.22. The summed E-state index contributed by atoms with van der Waals surface area (Å²) in [4.78, 5) is 12.7. The van der Waals surface area contributed by atoms with Crippen LogP contribution in [0.3, 0.4) is 0 Å². The van der Waals surface area contributed by atoms with Gasteiger partial charge in [-0.3, -0.25) is 4.79 Å². The molecule has 0 aromatic heterocycles. The lowest BCUT2D eigenvalue weighted by Gasteiger charge is -2.19. The number of sulfonamides is 1. The molecule has 2 aromatic carbocycles. The highest BCUT2D eigenvalue weighted by Gasteiger charge is 2.22. The molecular formula is C19H24N2O4S. The van der Waals surface area contributed by atoms with Crippen molar-refractivity contribution in [3.8, 4) is 0 Å². The molecule has 26 heavy (non-hydrogen) atoms. The Bertz CT molecular complexity index is 816. The Morgan fingerprint density at radius 3 is 2.12 bits per heavy atom. The molecule has 0 aliphatic rings. The van der Waals surface area contributed by atoms with Gasteiger partial charge in [-0.1, -0.05) is 44.2 Å². The highest BCUT2D eigenvalue weighted by molar-refractivity contribution is 7.89. The van der Waals surface area contributed by atoms with Gasteiger partial charge in [-0.05, 0) is 29.8 Å². The molecule has 0 aliphatic heterocycles. The summed E-state index contributed by atoms with van der Waals surface area (Å²) in [6, 6.07) is 15.3. The molecule has 0 heterocycles. The van der Waals surface area contributed by atoms with Gasteiger partial charge in [-0.2, -0.15) is 4.31 Å². The smallest absolute Gasteiger partial charge is 0.258 e. The van der Waals surface area contributed by atoms with E-state index in [1.165, 1.54) is 23.5 Å². The average Bonchev–Trinajstić information content (AvgIpc) is 2.64. The molecule has 0 spiro atoms. The van der Waals surface area contributed by atoms with Crippen molar-refractivity contribution >= 4 is 21.6 Å². The van der Waals surface area contributed by atoms with E-state index >= 15 is 0 Å². The summed E-state index contributed by atoms with van der Waals surface area (Å²) in [5.74, 6) is -0.321. The first-order valence-corrected chi connectivity index (χ1v) is 9.86. The first kappa shape index (κ1) is 20.1. The van der Waals surface area contributed by atoms with Crippen LogP contribution in [0.2, 0.25) is 0 Å². The van der Waals surface area contributed by atoms with Crippen LogP contribution in [-0.2, 0) is 19.6 Å². The Morgan fingerprint density at radius 2 is 1.62 bits per heavy atom. The van der Waals surface area contributed by atoms with Gasteiger partial charge < -0.3 is 10.1 Å². The highest BCUT2D eigenvalue weighted by atomic mass is 32.2. The van der Waals surface area contributed by atoms with Crippen molar-refractivity contribution in [3.05, 3.63) is 60.2 Å². The van der Waals surface area contributed by atoms with E-state index in [1.807, 2.05) is 30.3 Å². The van der Waals surface area contributed by atoms with Gasteiger partial charge in [0.05, 0.1) is 4.90 Å². The maximum Gasteiger partial charge on any atom is 0.258 e. The molecule has 1 amide bonds. The second-order valence-electron chi connectivity index (χ2n) is 5.63. The van der Waals surface area contributed by atoms with Crippen molar-refractivity contribution in [2.45, 2.75) is 24.8 Å². The summed E-state index contributed by atoms with van der Waals surface area (Å²) in [6.45, 7) is 4.40. The fourth-order valence-electron chi connectivity index (χ4n) is 2.65. The van der Waals surface area contributed by atoms with Crippen LogP contribution in [-0.4, -0.2) is 38.8 Å². The second kappa shape index (κ2) is 8.93. The number of hydrogen-bond donors (Lipinski definition) is 1. The largest absolute Gasteiger partial charge is 0.367 e. The molecule has 140 valence electrons. The van der Waals surface area contributed by atoms with Crippen LogP contribution in [0.5, 0.6) is 0 Å². The van der Waals surface area contributed by atoms with Crippen LogP contribution in [0.15, 0.2) is 59.5 Å². The maximum atomic E-state index is 12.5. The fourth-order valence-corrected chi connectivity index (χ4v) is 4.11. The molecule has 7 heteroatoms. The SMILES string of the molecule is CCN(CC)S(=O)(=O)c1ccc(NC(=O)[C@H](OC)c2ccccc2)cc1. The zero-order valence-electron chi connectivity index (χ0n) is 15.2. The van der Waals surface area contributed by atoms with Gasteiger partial charge in [0.25, 0.3) is 5.91 Å². The lowest BCUT2D eigenvalue weighted by molar-refractivity contribution is -0.126. The van der Waals surface area contributed by atoms with Gasteiger partial charge in [0.15, 0.2) is 6.10 Å². The minimum absolute atomic E-state index is 0.200. The van der Waals surface area contributed by atoms with E-state index < -0.39 is 16.1 Å². The number of hydrogen-bond acceptors (Lipinski definition) is 4. The molecule has 0 unspecified atom stereocenters. The molecule has 0 aliphatic carbocycles. The minimum atomic E-state index is -3.51. The number of nitrogens with one attached hydrogen (secondary N) is 1. The van der Waals surface area contributed by atoms with Crippen molar-refractivity contribution in [3.63, 3.8) is 0 Å². The predicted octanol–water partition coefficient (Wildman–Crippen LogP) is 3.04. The van der Waals surface area contributed by atoms with Crippen LogP contribution >= 0.6 is 0 Å². The number of ether oxygens (including phenoxy) is 1. The number of nitrogens with zero attached hydrogens (tertiary/aromatic N) is 1. The molecule has 0 radical (unpaired) electrons. The third-order valence-corrected chi connectivity index (χ3v) is 6.11. The first-order chi connectivity index (χ1) is 12.4. The minimum Gasteiger partial charge on any atom is -0.367 e. The van der Waals surface area contributed by atoms with Gasteiger partial charge in [0, 0.05) is 25.9 Å². The van der Waals surface area contributed by atoms with Crippen LogP contribution in [0.25, 0.3) is 0 Å². The van der Waals surface area contributed by atoms with Gasteiger partial charge in [-0.25, -0.2) is 8.42 Å². The van der Waals surface area contributed by atoms with Crippen LogP contribution in [0, 0.1) is 0 Å². The van der Waals surface area contributed by atoms with E-state index in [-0.39, 0.29) is 10.8 Å². The molecule has 2 aromatic rings. The first-order valence-electron chi connectivity index (χ1n) is 8.42. The van der Waals surface area contributed by atoms with E-state index in [0.717, 1.165) is 5.56 Å². The molecule has 1 atom stereocenters. The third-order valence-electron chi connectivity index (χ3n) is 4.04. The van der Waals surface area contributed by atoms with E-state index in [1.54, 1.807) is 26.0 Å². The Kier molecular flexibility index (Phi) is 6.90. The molecule has 0 saturated carbocycles. The highest BCUT2D eigenvalue weighted by Crippen LogP contribution is 2.21. The van der Waals surface area contributed by atoms with E-state index in [4.69, 9.17) is 4.74 Å². The van der Waals surface area contributed by atoms with Crippen LogP contribution < -0.4 is 5.32 Å². The normalized spacial score (nSPS) is 12.8. The predicted molar refractivity (Wildman–Crippen MR) is 101 cm³/mol. The van der Waals surface area contributed by atoms with Gasteiger partial charge in [0.2, 0.25) is 10.0 Å². The molecule has 0 saturated heterocycles. The maximum absolute atomic E-state index is 12.5. The number of amides is 1. The van der Waals surface area contributed by atoms with Gasteiger partial charge in [0.1, 0.15) is 0 Å². The Labute approximate surface area is 154 Å². The molecule has 1 N–H and O–H groups in total. The van der Waals surface area contributed by atoms with E-state index in [0.29, 0.717) is 18.8 Å². The van der Waals surface area contributed by atoms with Crippen molar-refractivity contribution in [1.82, 2.24) is 4.31 Å². The quantitative estimate of drug-likeness (QED) is 0.768. The zero-order chi connectivity index (χ0) is 19.2. The summed E-state index contributed by atoms with van der Waals surface area (Å²) in [7, 11) is -2.05. The van der Waals surface area contributed by atoms with E-state index in [2.05, 4.69) is 5.32 Å². The summed E-state index contributed by atoms with van der Waals surface area (Å²) < 4.78 is 31.7. The summed E-state index contributed by atoms with van der Waals surface area (Å²) in [5, 5.41) is 2.75. The zero-order valence-corrected chi connectivity index (χ0v) is 16.0.